The maximum Gasteiger partial charge on any atom is 0.271 e. The second-order valence-corrected chi connectivity index (χ2v) is 8.10. The Kier molecular flexibility index (Phi) is 7.47. The summed E-state index contributed by atoms with van der Waals surface area (Å²) in [5.41, 5.74) is 5.86. The Labute approximate surface area is 177 Å². The van der Waals surface area contributed by atoms with Crippen LogP contribution in [0.25, 0.3) is 0 Å². The predicted octanol–water partition coefficient (Wildman–Crippen LogP) is 4.08. The highest BCUT2D eigenvalue weighted by atomic mass is 16.2. The van der Waals surface area contributed by atoms with Gasteiger partial charge in [0.1, 0.15) is 0 Å². The molecule has 3 N–H and O–H groups in total. The third-order valence-corrected chi connectivity index (χ3v) is 4.27. The molecular weight excluding hydrogens is 380 g/mol. The van der Waals surface area contributed by atoms with Gasteiger partial charge >= 0.3 is 0 Å². The number of nitrogens with one attached hydrogen (secondary N) is 3. The van der Waals surface area contributed by atoms with E-state index in [4.69, 9.17) is 0 Å². The van der Waals surface area contributed by atoms with E-state index in [1.54, 1.807) is 43.3 Å². The number of carbonyl (C=O) groups excluding carboxylic acids is 3. The Morgan fingerprint density at radius 1 is 0.833 bits per heavy atom. The van der Waals surface area contributed by atoms with E-state index < -0.39 is 0 Å². The fourth-order valence-corrected chi connectivity index (χ4v) is 2.65. The molecule has 0 aliphatic carbocycles. The van der Waals surface area contributed by atoms with Crippen molar-refractivity contribution >= 4 is 34.8 Å². The van der Waals surface area contributed by atoms with Crippen molar-refractivity contribution in [1.82, 2.24) is 5.43 Å². The van der Waals surface area contributed by atoms with Crippen molar-refractivity contribution in [3.05, 3.63) is 59.7 Å². The fourth-order valence-electron chi connectivity index (χ4n) is 2.65. The third kappa shape index (κ3) is 7.16. The molecule has 0 saturated heterocycles. The van der Waals surface area contributed by atoms with Gasteiger partial charge in [0.25, 0.3) is 5.91 Å². The van der Waals surface area contributed by atoms with Gasteiger partial charge < -0.3 is 10.6 Å². The van der Waals surface area contributed by atoms with Crippen LogP contribution in [0.4, 0.5) is 11.4 Å². The molecule has 2 aromatic rings. The van der Waals surface area contributed by atoms with E-state index in [2.05, 4.69) is 41.9 Å². The molecule has 7 nitrogen and oxygen atoms in total. The Balaban J connectivity index is 1.87. The number of nitrogens with zero attached hydrogens (tertiary/aromatic N) is 1. The van der Waals surface area contributed by atoms with Crippen LogP contribution in [0.1, 0.15) is 57.0 Å². The van der Waals surface area contributed by atoms with Crippen LogP contribution < -0.4 is 16.1 Å². The number of hydrazone groups is 1. The quantitative estimate of drug-likeness (QED) is 0.496. The maximum atomic E-state index is 12.2. The monoisotopic (exact) mass is 408 g/mol. The molecule has 2 aromatic carbocycles. The van der Waals surface area contributed by atoms with Crippen molar-refractivity contribution in [1.29, 1.82) is 0 Å². The summed E-state index contributed by atoms with van der Waals surface area (Å²) in [6, 6.07) is 14.2. The molecule has 0 heterocycles. The summed E-state index contributed by atoms with van der Waals surface area (Å²) in [6.07, 6.45) is 0.0384. The van der Waals surface area contributed by atoms with Crippen molar-refractivity contribution in [3.8, 4) is 0 Å². The molecule has 0 aromatic heterocycles. The lowest BCUT2D eigenvalue weighted by Gasteiger charge is -2.18. The highest BCUT2D eigenvalue weighted by Crippen LogP contribution is 2.22. The SMILES string of the molecule is CC(=O)Nc1ccc(NC(=O)C/C(C)=N/NC(=O)c2ccc(C(C)(C)C)cc2)cc1. The maximum absolute atomic E-state index is 12.2. The number of amides is 3. The highest BCUT2D eigenvalue weighted by Gasteiger charge is 2.14. The fraction of sp³-hybridized carbons (Fsp3) is 0.304. The molecule has 0 aliphatic heterocycles. The Morgan fingerprint density at radius 2 is 1.37 bits per heavy atom. The lowest BCUT2D eigenvalue weighted by atomic mass is 9.87. The topological polar surface area (TPSA) is 99.7 Å². The number of carbonyl (C=O) groups is 3. The van der Waals surface area contributed by atoms with Crippen LogP contribution in [0.15, 0.2) is 53.6 Å². The lowest BCUT2D eigenvalue weighted by Crippen LogP contribution is -2.21. The van der Waals surface area contributed by atoms with Crippen LogP contribution in [-0.2, 0) is 15.0 Å². The molecule has 0 radical (unpaired) electrons. The van der Waals surface area contributed by atoms with Crippen molar-refractivity contribution in [2.45, 2.75) is 46.5 Å². The van der Waals surface area contributed by atoms with E-state index in [0.29, 0.717) is 22.6 Å². The molecule has 0 spiro atoms. The van der Waals surface area contributed by atoms with Crippen molar-refractivity contribution in [2.24, 2.45) is 5.10 Å². The van der Waals surface area contributed by atoms with Gasteiger partial charge in [0.2, 0.25) is 11.8 Å². The van der Waals surface area contributed by atoms with Gasteiger partial charge in [-0.1, -0.05) is 32.9 Å². The first-order valence-corrected chi connectivity index (χ1v) is 9.66. The molecule has 158 valence electrons. The minimum Gasteiger partial charge on any atom is -0.326 e. The summed E-state index contributed by atoms with van der Waals surface area (Å²) in [6.45, 7) is 9.43. The van der Waals surface area contributed by atoms with E-state index in [1.807, 2.05) is 12.1 Å². The third-order valence-electron chi connectivity index (χ3n) is 4.27. The molecule has 0 aliphatic rings. The molecule has 0 fully saturated rings. The zero-order valence-corrected chi connectivity index (χ0v) is 18.0. The smallest absolute Gasteiger partial charge is 0.271 e. The number of benzene rings is 2. The van der Waals surface area contributed by atoms with Crippen molar-refractivity contribution < 1.29 is 14.4 Å². The van der Waals surface area contributed by atoms with Crippen LogP contribution >= 0.6 is 0 Å². The number of hydrogen-bond donors (Lipinski definition) is 3. The normalized spacial score (nSPS) is 11.6. The molecule has 3 amide bonds. The van der Waals surface area contributed by atoms with Gasteiger partial charge in [-0.3, -0.25) is 14.4 Å². The Hall–Kier alpha value is -3.48. The highest BCUT2D eigenvalue weighted by molar-refractivity contribution is 6.06. The molecule has 2 rings (SSSR count). The average molecular weight is 409 g/mol. The van der Waals surface area contributed by atoms with Crippen LogP contribution in [0.5, 0.6) is 0 Å². The summed E-state index contributed by atoms with van der Waals surface area (Å²) in [4.78, 5) is 35.4. The van der Waals surface area contributed by atoms with Crippen LogP contribution in [0.2, 0.25) is 0 Å². The van der Waals surface area contributed by atoms with E-state index in [-0.39, 0.29) is 29.6 Å². The van der Waals surface area contributed by atoms with Gasteiger partial charge in [-0.05, 0) is 54.3 Å². The predicted molar refractivity (Wildman–Crippen MR) is 120 cm³/mol. The van der Waals surface area contributed by atoms with Crippen LogP contribution in [0.3, 0.4) is 0 Å². The summed E-state index contributed by atoms with van der Waals surface area (Å²) in [5, 5.41) is 9.41. The average Bonchev–Trinajstić information content (AvgIpc) is 2.66. The molecule has 0 saturated carbocycles. The first-order valence-electron chi connectivity index (χ1n) is 9.66. The first kappa shape index (κ1) is 22.8. The molecular formula is C23H28N4O3. The van der Waals surface area contributed by atoms with Gasteiger partial charge in [0.05, 0.1) is 6.42 Å². The Bertz CT molecular complexity index is 940. The summed E-state index contributed by atoms with van der Waals surface area (Å²) in [5.74, 6) is -0.748. The van der Waals surface area contributed by atoms with Gasteiger partial charge in [0.15, 0.2) is 0 Å². The van der Waals surface area contributed by atoms with Crippen LogP contribution in [0, 0.1) is 0 Å². The van der Waals surface area contributed by atoms with Gasteiger partial charge in [-0.2, -0.15) is 5.10 Å². The summed E-state index contributed by atoms with van der Waals surface area (Å²) >= 11 is 0. The summed E-state index contributed by atoms with van der Waals surface area (Å²) < 4.78 is 0. The number of hydrogen-bond acceptors (Lipinski definition) is 4. The first-order chi connectivity index (χ1) is 14.0. The molecule has 0 bridgehead atoms. The minimum atomic E-state index is -0.330. The molecule has 0 atom stereocenters. The zero-order chi connectivity index (χ0) is 22.3. The number of rotatable bonds is 6. The van der Waals surface area contributed by atoms with E-state index in [0.717, 1.165) is 5.56 Å². The summed E-state index contributed by atoms with van der Waals surface area (Å²) in [7, 11) is 0. The largest absolute Gasteiger partial charge is 0.326 e. The second kappa shape index (κ2) is 9.82. The Morgan fingerprint density at radius 3 is 1.87 bits per heavy atom. The van der Waals surface area contributed by atoms with Crippen molar-refractivity contribution in [2.75, 3.05) is 10.6 Å². The van der Waals surface area contributed by atoms with Crippen LogP contribution in [-0.4, -0.2) is 23.4 Å². The lowest BCUT2D eigenvalue weighted by molar-refractivity contribution is -0.115. The van der Waals surface area contributed by atoms with E-state index >= 15 is 0 Å². The second-order valence-electron chi connectivity index (χ2n) is 8.10. The van der Waals surface area contributed by atoms with E-state index in [1.165, 1.54) is 6.92 Å². The van der Waals surface area contributed by atoms with Crippen molar-refractivity contribution in [3.63, 3.8) is 0 Å². The van der Waals surface area contributed by atoms with E-state index in [9.17, 15) is 14.4 Å². The van der Waals surface area contributed by atoms with Gasteiger partial charge in [0, 0.05) is 29.6 Å². The molecule has 0 unspecified atom stereocenters. The van der Waals surface area contributed by atoms with Gasteiger partial charge in [-0.15, -0.1) is 0 Å². The molecule has 30 heavy (non-hydrogen) atoms. The minimum absolute atomic E-state index is 0.0152. The molecule has 7 heteroatoms. The number of anilines is 2. The zero-order valence-electron chi connectivity index (χ0n) is 18.0. The van der Waals surface area contributed by atoms with Gasteiger partial charge in [-0.25, -0.2) is 5.43 Å². The standard InChI is InChI=1S/C23H28N4O3/c1-15(14-21(29)25-20-12-10-19(11-13-20)24-16(2)28)26-27-22(30)17-6-8-18(9-7-17)23(3,4)5/h6-13H,14H2,1-5H3,(H,24,28)(H,25,29)(H,27,30)/b26-15+.